The van der Waals surface area contributed by atoms with Crippen molar-refractivity contribution >= 4 is 11.0 Å². The van der Waals surface area contributed by atoms with Crippen molar-refractivity contribution in [1.82, 2.24) is 4.31 Å². The summed E-state index contributed by atoms with van der Waals surface area (Å²) in [6, 6.07) is 8.11. The van der Waals surface area contributed by atoms with Crippen LogP contribution in [0.1, 0.15) is 73.8 Å². The Kier molecular flexibility index (Phi) is 12.3. The van der Waals surface area contributed by atoms with E-state index in [1.807, 2.05) is 44.1 Å². The highest BCUT2D eigenvalue weighted by molar-refractivity contribution is 7.82. The van der Waals surface area contributed by atoms with E-state index in [1.165, 1.54) is 5.56 Å². The molecule has 0 saturated carbocycles. The molecule has 0 radical (unpaired) electrons. The first-order valence-electron chi connectivity index (χ1n) is 9.63. The lowest BCUT2D eigenvalue weighted by Gasteiger charge is -2.34. The predicted octanol–water partition coefficient (Wildman–Crippen LogP) is 5.63. The second-order valence-corrected chi connectivity index (χ2v) is 8.80. The monoisotopic (exact) mass is 369 g/mol. The van der Waals surface area contributed by atoms with Gasteiger partial charge in [-0.15, -0.1) is 0 Å². The molecule has 1 aromatic rings. The van der Waals surface area contributed by atoms with Crippen LogP contribution in [0.15, 0.2) is 29.2 Å². The molecule has 1 saturated heterocycles. The van der Waals surface area contributed by atoms with E-state index in [1.54, 1.807) is 0 Å². The van der Waals surface area contributed by atoms with E-state index in [-0.39, 0.29) is 12.2 Å². The first kappa shape index (κ1) is 24.3. The van der Waals surface area contributed by atoms with Crippen LogP contribution < -0.4 is 0 Å². The number of hydrogen-bond donors (Lipinski definition) is 0. The first-order valence-corrected chi connectivity index (χ1v) is 10.7. The highest BCUT2D eigenvalue weighted by Gasteiger charge is 2.26. The topological polar surface area (TPSA) is 29.5 Å². The summed E-state index contributed by atoms with van der Waals surface area (Å²) in [5, 5.41) is 0. The Bertz CT molecular complexity index is 472. The maximum atomic E-state index is 12.6. The van der Waals surface area contributed by atoms with E-state index in [0.29, 0.717) is 5.92 Å². The molecule has 0 spiro atoms. The Labute approximate surface area is 158 Å². The SMILES string of the molecule is CC.CC(C)C.CC1CN(S(=O)c2ccc(C(C)C)cc2)CC(C)O1. The zero-order chi connectivity index (χ0) is 19.6. The molecule has 2 rings (SSSR count). The van der Waals surface area contributed by atoms with Crippen molar-refractivity contribution in [3.63, 3.8) is 0 Å². The number of benzene rings is 1. The van der Waals surface area contributed by atoms with Crippen LogP contribution in [-0.4, -0.2) is 33.8 Å². The highest BCUT2D eigenvalue weighted by atomic mass is 32.2. The highest BCUT2D eigenvalue weighted by Crippen LogP contribution is 2.20. The van der Waals surface area contributed by atoms with Gasteiger partial charge in [0.15, 0.2) is 0 Å². The molecule has 0 aliphatic carbocycles. The van der Waals surface area contributed by atoms with Gasteiger partial charge in [-0.1, -0.05) is 60.6 Å². The molecule has 1 heterocycles. The second-order valence-electron chi connectivity index (χ2n) is 7.31. The minimum atomic E-state index is -1.08. The van der Waals surface area contributed by atoms with Gasteiger partial charge in [-0.05, 0) is 43.4 Å². The van der Waals surface area contributed by atoms with E-state index in [4.69, 9.17) is 4.74 Å². The third-order valence-electron chi connectivity index (χ3n) is 3.37. The fourth-order valence-electron chi connectivity index (χ4n) is 2.38. The zero-order valence-electron chi connectivity index (χ0n) is 17.7. The van der Waals surface area contributed by atoms with Gasteiger partial charge in [-0.3, -0.25) is 0 Å². The van der Waals surface area contributed by atoms with Crippen molar-refractivity contribution in [2.45, 2.75) is 85.3 Å². The van der Waals surface area contributed by atoms with Crippen molar-refractivity contribution in [2.75, 3.05) is 13.1 Å². The van der Waals surface area contributed by atoms with Crippen LogP contribution in [0.4, 0.5) is 0 Å². The molecule has 146 valence electrons. The predicted molar refractivity (Wildman–Crippen MR) is 110 cm³/mol. The number of nitrogens with zero attached hydrogens (tertiary/aromatic N) is 1. The van der Waals surface area contributed by atoms with Crippen molar-refractivity contribution in [1.29, 1.82) is 0 Å². The van der Waals surface area contributed by atoms with Crippen LogP contribution in [0.2, 0.25) is 0 Å². The molecule has 0 bridgehead atoms. The Morgan fingerprint density at radius 1 is 0.960 bits per heavy atom. The van der Waals surface area contributed by atoms with E-state index >= 15 is 0 Å². The van der Waals surface area contributed by atoms with Crippen molar-refractivity contribution in [2.24, 2.45) is 5.92 Å². The van der Waals surface area contributed by atoms with Crippen LogP contribution in [0.5, 0.6) is 0 Å². The minimum absolute atomic E-state index is 0.141. The van der Waals surface area contributed by atoms with Gasteiger partial charge < -0.3 is 4.74 Å². The van der Waals surface area contributed by atoms with Crippen LogP contribution in [0, 0.1) is 5.92 Å². The van der Waals surface area contributed by atoms with Gasteiger partial charge in [0.05, 0.1) is 17.1 Å². The maximum Gasteiger partial charge on any atom is 0.127 e. The Morgan fingerprint density at radius 3 is 1.72 bits per heavy atom. The second kappa shape index (κ2) is 12.6. The maximum absolute atomic E-state index is 12.6. The molecule has 1 aliphatic heterocycles. The van der Waals surface area contributed by atoms with Crippen molar-refractivity contribution in [3.8, 4) is 0 Å². The fourth-order valence-corrected chi connectivity index (χ4v) is 3.74. The van der Waals surface area contributed by atoms with E-state index in [0.717, 1.165) is 23.9 Å². The van der Waals surface area contributed by atoms with E-state index in [9.17, 15) is 4.21 Å². The zero-order valence-corrected chi connectivity index (χ0v) is 18.5. The largest absolute Gasteiger partial charge is 0.373 e. The molecule has 4 heteroatoms. The molecule has 3 atom stereocenters. The summed E-state index contributed by atoms with van der Waals surface area (Å²) in [4.78, 5) is 0.880. The quantitative estimate of drug-likeness (QED) is 0.691. The molecule has 0 amide bonds. The molecule has 0 N–H and O–H groups in total. The van der Waals surface area contributed by atoms with E-state index < -0.39 is 11.0 Å². The van der Waals surface area contributed by atoms with Crippen LogP contribution in [0.3, 0.4) is 0 Å². The van der Waals surface area contributed by atoms with Gasteiger partial charge in [0, 0.05) is 13.1 Å². The van der Waals surface area contributed by atoms with Gasteiger partial charge in [-0.25, -0.2) is 8.51 Å². The smallest absolute Gasteiger partial charge is 0.127 e. The lowest BCUT2D eigenvalue weighted by molar-refractivity contribution is -0.0428. The molecule has 1 fully saturated rings. The summed E-state index contributed by atoms with van der Waals surface area (Å²) in [7, 11) is -1.08. The normalized spacial score (nSPS) is 21.9. The Morgan fingerprint density at radius 2 is 1.36 bits per heavy atom. The summed E-state index contributed by atoms with van der Waals surface area (Å²) >= 11 is 0. The standard InChI is InChI=1S/C15H23NO2S.C4H10.C2H6/c1-11(2)14-5-7-15(8-6-14)19(17)16-9-12(3)18-13(4)10-16;1-4(2)3;1-2/h5-8,11-13H,9-10H2,1-4H3;4H,1-3H3;1-2H3. The Hall–Kier alpha value is -0.710. The molecule has 1 aromatic carbocycles. The summed E-state index contributed by atoms with van der Waals surface area (Å²) in [6.07, 6.45) is 0.283. The molecule has 25 heavy (non-hydrogen) atoms. The van der Waals surface area contributed by atoms with Gasteiger partial charge in [0.2, 0.25) is 0 Å². The molecular weight excluding hydrogens is 330 g/mol. The van der Waals surface area contributed by atoms with Crippen LogP contribution in [0.25, 0.3) is 0 Å². The molecule has 0 aromatic heterocycles. The Balaban J connectivity index is 0.000000845. The third-order valence-corrected chi connectivity index (χ3v) is 4.81. The summed E-state index contributed by atoms with van der Waals surface area (Å²) < 4.78 is 20.2. The fraction of sp³-hybridized carbons (Fsp3) is 0.714. The molecule has 3 nitrogen and oxygen atoms in total. The summed E-state index contributed by atoms with van der Waals surface area (Å²) in [6.45, 7) is 20.3. The van der Waals surface area contributed by atoms with Crippen LogP contribution >= 0.6 is 0 Å². The molecule has 3 unspecified atom stereocenters. The number of ether oxygens (including phenoxy) is 1. The van der Waals surface area contributed by atoms with Crippen molar-refractivity contribution in [3.05, 3.63) is 29.8 Å². The number of rotatable bonds is 3. The average Bonchev–Trinajstić information content (AvgIpc) is 2.54. The van der Waals surface area contributed by atoms with E-state index in [2.05, 4.69) is 46.8 Å². The third kappa shape index (κ3) is 9.53. The lowest BCUT2D eigenvalue weighted by Crippen LogP contribution is -2.46. The van der Waals surface area contributed by atoms with Crippen LogP contribution in [-0.2, 0) is 15.7 Å². The summed E-state index contributed by atoms with van der Waals surface area (Å²) in [5.41, 5.74) is 1.28. The minimum Gasteiger partial charge on any atom is -0.373 e. The number of morpholine rings is 1. The molecule has 1 aliphatic rings. The molecular formula is C21H39NO2S. The summed E-state index contributed by atoms with van der Waals surface area (Å²) in [5.74, 6) is 1.34. The van der Waals surface area contributed by atoms with Crippen molar-refractivity contribution < 1.29 is 8.95 Å². The first-order chi connectivity index (χ1) is 11.7. The van der Waals surface area contributed by atoms with Gasteiger partial charge >= 0.3 is 0 Å². The number of hydrogen-bond acceptors (Lipinski definition) is 2. The average molecular weight is 370 g/mol. The van der Waals surface area contributed by atoms with Gasteiger partial charge in [0.25, 0.3) is 0 Å². The van der Waals surface area contributed by atoms with Gasteiger partial charge in [-0.2, -0.15) is 0 Å². The lowest BCUT2D eigenvalue weighted by atomic mass is 10.0. The van der Waals surface area contributed by atoms with Gasteiger partial charge in [0.1, 0.15) is 11.0 Å².